The summed E-state index contributed by atoms with van der Waals surface area (Å²) in [5.74, 6) is 0. The standard InChI is InChI=1S/C51H37NO/c1-51(2)44-24-11-9-21-41(44)42-23-14-25-46(49(42)51)52(39-20-13-19-38(33-39)36-29-27-35(28-30-36)34-15-5-3-6-16-34)45-32-31-40(37-17-7-4-8-18-37)50-48(45)43-22-10-12-26-47(43)53-50/h3-33H,1-2H3. The van der Waals surface area contributed by atoms with Gasteiger partial charge in [0.1, 0.15) is 11.2 Å². The van der Waals surface area contributed by atoms with Gasteiger partial charge in [-0.15, -0.1) is 0 Å². The van der Waals surface area contributed by atoms with Crippen molar-refractivity contribution in [3.8, 4) is 44.5 Å². The second-order valence-electron chi connectivity index (χ2n) is 14.5. The van der Waals surface area contributed by atoms with Crippen LogP contribution in [0, 0.1) is 0 Å². The molecule has 0 saturated carbocycles. The van der Waals surface area contributed by atoms with Crippen LogP contribution in [0.2, 0.25) is 0 Å². The second-order valence-corrected chi connectivity index (χ2v) is 14.5. The highest BCUT2D eigenvalue weighted by atomic mass is 16.3. The number of nitrogens with zero attached hydrogens (tertiary/aromatic N) is 1. The molecule has 1 aliphatic rings. The summed E-state index contributed by atoms with van der Waals surface area (Å²) in [6.45, 7) is 4.73. The van der Waals surface area contributed by atoms with Gasteiger partial charge < -0.3 is 9.32 Å². The zero-order valence-corrected chi connectivity index (χ0v) is 29.8. The summed E-state index contributed by atoms with van der Waals surface area (Å²) in [7, 11) is 0. The fourth-order valence-corrected chi connectivity index (χ4v) is 8.57. The van der Waals surface area contributed by atoms with Crippen molar-refractivity contribution in [2.75, 3.05) is 4.90 Å². The van der Waals surface area contributed by atoms with Gasteiger partial charge in [0.05, 0.1) is 16.8 Å². The summed E-state index contributed by atoms with van der Waals surface area (Å²) >= 11 is 0. The van der Waals surface area contributed by atoms with Crippen LogP contribution in [0.3, 0.4) is 0 Å². The van der Waals surface area contributed by atoms with Gasteiger partial charge in [-0.2, -0.15) is 0 Å². The van der Waals surface area contributed by atoms with Gasteiger partial charge in [-0.05, 0) is 86.5 Å². The molecule has 8 aromatic carbocycles. The van der Waals surface area contributed by atoms with E-state index in [0.29, 0.717) is 0 Å². The van der Waals surface area contributed by atoms with Crippen LogP contribution in [0.4, 0.5) is 17.1 Å². The van der Waals surface area contributed by atoms with Crippen molar-refractivity contribution in [2.45, 2.75) is 19.3 Å². The summed E-state index contributed by atoms with van der Waals surface area (Å²) in [5.41, 5.74) is 17.2. The Morgan fingerprint density at radius 2 is 1.04 bits per heavy atom. The molecule has 0 aliphatic heterocycles. The van der Waals surface area contributed by atoms with E-state index in [-0.39, 0.29) is 5.41 Å². The first kappa shape index (κ1) is 31.1. The third-order valence-electron chi connectivity index (χ3n) is 11.1. The summed E-state index contributed by atoms with van der Waals surface area (Å²) in [6.07, 6.45) is 0. The normalized spacial score (nSPS) is 12.9. The lowest BCUT2D eigenvalue weighted by Gasteiger charge is -2.33. The van der Waals surface area contributed by atoms with Crippen LogP contribution < -0.4 is 4.90 Å². The van der Waals surface area contributed by atoms with Gasteiger partial charge in [-0.3, -0.25) is 0 Å². The molecule has 0 radical (unpaired) electrons. The van der Waals surface area contributed by atoms with Gasteiger partial charge in [-0.1, -0.05) is 166 Å². The minimum atomic E-state index is -0.215. The van der Waals surface area contributed by atoms with Gasteiger partial charge in [-0.25, -0.2) is 0 Å². The molecule has 1 aromatic heterocycles. The molecule has 0 atom stereocenters. The molecule has 0 bridgehead atoms. The number of hydrogen-bond acceptors (Lipinski definition) is 2. The first-order valence-corrected chi connectivity index (χ1v) is 18.4. The second kappa shape index (κ2) is 12.3. The number of rotatable bonds is 6. The van der Waals surface area contributed by atoms with E-state index in [1.54, 1.807) is 0 Å². The lowest BCUT2D eigenvalue weighted by Crippen LogP contribution is -2.20. The zero-order valence-electron chi connectivity index (χ0n) is 29.8. The maximum Gasteiger partial charge on any atom is 0.145 e. The Kier molecular flexibility index (Phi) is 7.19. The molecule has 10 rings (SSSR count). The molecule has 252 valence electrons. The third kappa shape index (κ3) is 5.02. The smallest absolute Gasteiger partial charge is 0.145 e. The van der Waals surface area contributed by atoms with Crippen LogP contribution in [0.15, 0.2) is 192 Å². The topological polar surface area (TPSA) is 16.4 Å². The minimum absolute atomic E-state index is 0.215. The van der Waals surface area contributed by atoms with Gasteiger partial charge >= 0.3 is 0 Å². The summed E-state index contributed by atoms with van der Waals surface area (Å²) in [4.78, 5) is 2.48. The van der Waals surface area contributed by atoms with Gasteiger partial charge in [0.15, 0.2) is 0 Å². The van der Waals surface area contributed by atoms with Crippen LogP contribution in [0.25, 0.3) is 66.4 Å². The Hall–Kier alpha value is -6.64. The average Bonchev–Trinajstić information content (AvgIpc) is 3.72. The average molecular weight is 680 g/mol. The highest BCUT2D eigenvalue weighted by molar-refractivity contribution is 6.17. The molecular weight excluding hydrogens is 643 g/mol. The number of fused-ring (bicyclic) bond motifs is 6. The van der Waals surface area contributed by atoms with Crippen molar-refractivity contribution in [1.82, 2.24) is 0 Å². The summed E-state index contributed by atoms with van der Waals surface area (Å²) in [5, 5.41) is 2.20. The van der Waals surface area contributed by atoms with E-state index < -0.39 is 0 Å². The van der Waals surface area contributed by atoms with Gasteiger partial charge in [0.25, 0.3) is 0 Å². The van der Waals surface area contributed by atoms with Crippen LogP contribution in [0.1, 0.15) is 25.0 Å². The molecule has 53 heavy (non-hydrogen) atoms. The van der Waals surface area contributed by atoms with Crippen LogP contribution in [0.5, 0.6) is 0 Å². The number of hydrogen-bond donors (Lipinski definition) is 0. The third-order valence-corrected chi connectivity index (χ3v) is 11.1. The fourth-order valence-electron chi connectivity index (χ4n) is 8.57. The van der Waals surface area contributed by atoms with E-state index >= 15 is 0 Å². The molecule has 0 fully saturated rings. The summed E-state index contributed by atoms with van der Waals surface area (Å²) < 4.78 is 6.80. The Labute approximate surface area is 310 Å². The van der Waals surface area contributed by atoms with Crippen molar-refractivity contribution >= 4 is 39.0 Å². The Morgan fingerprint density at radius 3 is 1.83 bits per heavy atom. The fraction of sp³-hybridized carbons (Fsp3) is 0.0588. The van der Waals surface area contributed by atoms with Crippen LogP contribution in [-0.4, -0.2) is 0 Å². The molecular formula is C51H37NO. The van der Waals surface area contributed by atoms with E-state index in [0.717, 1.165) is 50.0 Å². The number of benzene rings is 8. The molecule has 9 aromatic rings. The maximum atomic E-state index is 6.80. The molecule has 0 spiro atoms. The van der Waals surface area contributed by atoms with Crippen molar-refractivity contribution in [3.05, 3.63) is 199 Å². The zero-order chi connectivity index (χ0) is 35.5. The van der Waals surface area contributed by atoms with Crippen LogP contribution in [-0.2, 0) is 5.41 Å². The predicted octanol–water partition coefficient (Wildman–Crippen LogP) is 14.4. The van der Waals surface area contributed by atoms with E-state index in [2.05, 4.69) is 207 Å². The molecule has 0 N–H and O–H groups in total. The molecule has 1 aliphatic carbocycles. The maximum absolute atomic E-state index is 6.80. The SMILES string of the molecule is CC1(C)c2ccccc2-c2cccc(N(c3cccc(-c4ccc(-c5ccccc5)cc4)c3)c3ccc(-c4ccccc4)c4oc5ccccc5c34)c21. The summed E-state index contributed by atoms with van der Waals surface area (Å²) in [6, 6.07) is 67.7. The molecule has 1 heterocycles. The number of anilines is 3. The molecule has 0 unspecified atom stereocenters. The van der Waals surface area contributed by atoms with Crippen molar-refractivity contribution in [1.29, 1.82) is 0 Å². The van der Waals surface area contributed by atoms with E-state index in [4.69, 9.17) is 4.42 Å². The molecule has 0 amide bonds. The minimum Gasteiger partial charge on any atom is -0.455 e. The number of furan rings is 1. The highest BCUT2D eigenvalue weighted by Gasteiger charge is 2.39. The Bertz CT molecular complexity index is 2790. The first-order chi connectivity index (χ1) is 26.1. The van der Waals surface area contributed by atoms with E-state index in [1.165, 1.54) is 44.6 Å². The highest BCUT2D eigenvalue weighted by Crippen LogP contribution is 2.55. The number of para-hydroxylation sites is 1. The lowest BCUT2D eigenvalue weighted by molar-refractivity contribution is 0.661. The largest absolute Gasteiger partial charge is 0.455 e. The first-order valence-electron chi connectivity index (χ1n) is 18.4. The quantitative estimate of drug-likeness (QED) is 0.174. The molecule has 2 heteroatoms. The lowest BCUT2D eigenvalue weighted by atomic mass is 9.81. The van der Waals surface area contributed by atoms with Gasteiger partial charge in [0, 0.05) is 22.1 Å². The van der Waals surface area contributed by atoms with E-state index in [1.807, 2.05) is 0 Å². The monoisotopic (exact) mass is 679 g/mol. The van der Waals surface area contributed by atoms with Crippen molar-refractivity contribution in [3.63, 3.8) is 0 Å². The van der Waals surface area contributed by atoms with Crippen molar-refractivity contribution in [2.24, 2.45) is 0 Å². The Balaban J connectivity index is 1.23. The van der Waals surface area contributed by atoms with E-state index in [9.17, 15) is 0 Å². The molecule has 0 saturated heterocycles. The van der Waals surface area contributed by atoms with Crippen LogP contribution >= 0.6 is 0 Å². The predicted molar refractivity (Wildman–Crippen MR) is 222 cm³/mol. The van der Waals surface area contributed by atoms with Gasteiger partial charge in [0.2, 0.25) is 0 Å². The molecule has 2 nitrogen and oxygen atoms in total. The van der Waals surface area contributed by atoms with Crippen molar-refractivity contribution < 1.29 is 4.42 Å². The Morgan fingerprint density at radius 1 is 0.434 bits per heavy atom.